The van der Waals surface area contributed by atoms with E-state index in [0.29, 0.717) is 5.75 Å². The van der Waals surface area contributed by atoms with Gasteiger partial charge < -0.3 is 10.2 Å². The largest absolute Gasteiger partial charge is 0.337 e. The van der Waals surface area contributed by atoms with Crippen molar-refractivity contribution < 1.29 is 4.79 Å². The van der Waals surface area contributed by atoms with Gasteiger partial charge in [-0.3, -0.25) is 4.79 Å². The van der Waals surface area contributed by atoms with Gasteiger partial charge in [0.15, 0.2) is 0 Å². The number of piperidine rings is 1. The van der Waals surface area contributed by atoms with Crippen molar-refractivity contribution in [1.29, 1.82) is 5.26 Å². The van der Waals surface area contributed by atoms with Crippen LogP contribution in [0.5, 0.6) is 0 Å². The Kier molecular flexibility index (Phi) is 4.43. The standard InChI is InChI=1S/C10H17N3OS/c1-13-5-3-10(8-11,4-6-13)12-9(14)7-15-2/h3-7H2,1-2H3,(H,12,14). The molecule has 4 nitrogen and oxygen atoms in total. The number of amides is 1. The number of carbonyl (C=O) groups excluding carboxylic acids is 1. The lowest BCUT2D eigenvalue weighted by Gasteiger charge is -2.35. The second-order valence-electron chi connectivity index (χ2n) is 3.98. The third kappa shape index (κ3) is 3.40. The molecule has 5 heteroatoms. The summed E-state index contributed by atoms with van der Waals surface area (Å²) >= 11 is 1.48. The van der Waals surface area contributed by atoms with Crippen LogP contribution in [-0.4, -0.2) is 48.5 Å². The Morgan fingerprint density at radius 2 is 2.20 bits per heavy atom. The van der Waals surface area contributed by atoms with Crippen LogP contribution in [0.3, 0.4) is 0 Å². The molecular weight excluding hydrogens is 210 g/mol. The molecule has 0 bridgehead atoms. The summed E-state index contributed by atoms with van der Waals surface area (Å²) in [5.41, 5.74) is -0.626. The Bertz CT molecular complexity index is 266. The zero-order valence-electron chi connectivity index (χ0n) is 9.25. The maximum atomic E-state index is 11.5. The van der Waals surface area contributed by atoms with Crippen molar-refractivity contribution in [3.8, 4) is 6.07 Å². The normalized spacial score (nSPS) is 20.6. The lowest BCUT2D eigenvalue weighted by atomic mass is 9.89. The molecule has 1 saturated heterocycles. The highest BCUT2D eigenvalue weighted by Crippen LogP contribution is 2.20. The summed E-state index contributed by atoms with van der Waals surface area (Å²) in [5, 5.41) is 12.0. The van der Waals surface area contributed by atoms with Gasteiger partial charge in [0.05, 0.1) is 11.8 Å². The third-order valence-electron chi connectivity index (χ3n) is 2.71. The summed E-state index contributed by atoms with van der Waals surface area (Å²) in [6.45, 7) is 1.74. The van der Waals surface area contributed by atoms with Crippen LogP contribution in [0.2, 0.25) is 0 Å². The molecule has 1 N–H and O–H groups in total. The minimum atomic E-state index is -0.626. The molecular formula is C10H17N3OS. The first kappa shape index (κ1) is 12.3. The number of carbonyl (C=O) groups is 1. The Morgan fingerprint density at radius 3 is 2.67 bits per heavy atom. The van der Waals surface area contributed by atoms with E-state index in [1.54, 1.807) is 0 Å². The fraction of sp³-hybridized carbons (Fsp3) is 0.800. The van der Waals surface area contributed by atoms with Gasteiger partial charge in [0, 0.05) is 13.1 Å². The minimum absolute atomic E-state index is 0.0337. The Hall–Kier alpha value is -0.730. The van der Waals surface area contributed by atoms with E-state index >= 15 is 0 Å². The van der Waals surface area contributed by atoms with Crippen molar-refractivity contribution in [2.75, 3.05) is 32.1 Å². The van der Waals surface area contributed by atoms with Gasteiger partial charge in [-0.2, -0.15) is 17.0 Å². The quantitative estimate of drug-likeness (QED) is 0.761. The molecule has 0 aromatic rings. The van der Waals surface area contributed by atoms with Crippen LogP contribution in [0, 0.1) is 11.3 Å². The van der Waals surface area contributed by atoms with E-state index in [2.05, 4.69) is 16.3 Å². The van der Waals surface area contributed by atoms with Crippen LogP contribution >= 0.6 is 11.8 Å². The van der Waals surface area contributed by atoms with Gasteiger partial charge in [-0.05, 0) is 26.1 Å². The number of nitriles is 1. The molecule has 0 saturated carbocycles. The Morgan fingerprint density at radius 1 is 1.60 bits per heavy atom. The number of hydrogen-bond acceptors (Lipinski definition) is 4. The molecule has 1 aliphatic heterocycles. The van der Waals surface area contributed by atoms with E-state index < -0.39 is 5.54 Å². The maximum Gasteiger partial charge on any atom is 0.231 e. The molecule has 0 aliphatic carbocycles. The summed E-state index contributed by atoms with van der Waals surface area (Å²) in [6.07, 6.45) is 3.33. The highest BCUT2D eigenvalue weighted by Gasteiger charge is 2.34. The van der Waals surface area contributed by atoms with Crippen LogP contribution < -0.4 is 5.32 Å². The molecule has 0 radical (unpaired) electrons. The van der Waals surface area contributed by atoms with E-state index in [9.17, 15) is 4.79 Å². The van der Waals surface area contributed by atoms with E-state index in [4.69, 9.17) is 5.26 Å². The molecule has 1 aliphatic rings. The van der Waals surface area contributed by atoms with Gasteiger partial charge in [0.1, 0.15) is 5.54 Å². The highest BCUT2D eigenvalue weighted by atomic mass is 32.2. The van der Waals surface area contributed by atoms with Crippen molar-refractivity contribution in [2.24, 2.45) is 0 Å². The van der Waals surface area contributed by atoms with E-state index in [1.807, 2.05) is 13.3 Å². The highest BCUT2D eigenvalue weighted by molar-refractivity contribution is 7.99. The van der Waals surface area contributed by atoms with Crippen LogP contribution in [-0.2, 0) is 4.79 Å². The molecule has 0 spiro atoms. The van der Waals surface area contributed by atoms with Crippen molar-refractivity contribution in [3.05, 3.63) is 0 Å². The van der Waals surface area contributed by atoms with Crippen molar-refractivity contribution in [2.45, 2.75) is 18.4 Å². The molecule has 0 atom stereocenters. The molecule has 15 heavy (non-hydrogen) atoms. The molecule has 0 aromatic carbocycles. The molecule has 84 valence electrons. The molecule has 1 rings (SSSR count). The maximum absolute atomic E-state index is 11.5. The van der Waals surface area contributed by atoms with E-state index in [1.165, 1.54) is 11.8 Å². The Balaban J connectivity index is 2.55. The van der Waals surface area contributed by atoms with Crippen LogP contribution in [0.4, 0.5) is 0 Å². The van der Waals surface area contributed by atoms with Crippen molar-refractivity contribution >= 4 is 17.7 Å². The summed E-state index contributed by atoms with van der Waals surface area (Å²) in [4.78, 5) is 13.6. The number of thioether (sulfide) groups is 1. The number of nitrogens with zero attached hydrogens (tertiary/aromatic N) is 2. The molecule has 0 aromatic heterocycles. The zero-order chi connectivity index (χ0) is 11.3. The number of likely N-dealkylation sites (tertiary alicyclic amines) is 1. The number of rotatable bonds is 3. The summed E-state index contributed by atoms with van der Waals surface area (Å²) in [7, 11) is 2.03. The summed E-state index contributed by atoms with van der Waals surface area (Å²) < 4.78 is 0. The third-order valence-corrected chi connectivity index (χ3v) is 3.26. The molecule has 0 unspecified atom stereocenters. The minimum Gasteiger partial charge on any atom is -0.337 e. The van der Waals surface area contributed by atoms with Gasteiger partial charge >= 0.3 is 0 Å². The molecule has 1 heterocycles. The van der Waals surface area contributed by atoms with E-state index in [0.717, 1.165) is 25.9 Å². The summed E-state index contributed by atoms with van der Waals surface area (Å²) in [5.74, 6) is 0.396. The second kappa shape index (κ2) is 5.38. The lowest BCUT2D eigenvalue weighted by Crippen LogP contribution is -2.54. The van der Waals surface area contributed by atoms with Crippen LogP contribution in [0.1, 0.15) is 12.8 Å². The average molecular weight is 227 g/mol. The average Bonchev–Trinajstić information content (AvgIpc) is 2.22. The van der Waals surface area contributed by atoms with Gasteiger partial charge in [0.25, 0.3) is 0 Å². The fourth-order valence-corrected chi connectivity index (χ4v) is 2.03. The van der Waals surface area contributed by atoms with Crippen molar-refractivity contribution in [3.63, 3.8) is 0 Å². The fourth-order valence-electron chi connectivity index (χ4n) is 1.70. The monoisotopic (exact) mass is 227 g/mol. The topological polar surface area (TPSA) is 56.1 Å². The first-order valence-corrected chi connectivity index (χ1v) is 6.41. The number of nitrogens with one attached hydrogen (secondary N) is 1. The first-order valence-electron chi connectivity index (χ1n) is 5.01. The number of hydrogen-bond donors (Lipinski definition) is 1. The predicted octanol–water partition coefficient (Wildman–Crippen LogP) is 0.454. The SMILES string of the molecule is CSCC(=O)NC1(C#N)CCN(C)CC1. The van der Waals surface area contributed by atoms with Crippen LogP contribution in [0.15, 0.2) is 0 Å². The van der Waals surface area contributed by atoms with Crippen molar-refractivity contribution in [1.82, 2.24) is 10.2 Å². The van der Waals surface area contributed by atoms with Gasteiger partial charge in [-0.1, -0.05) is 0 Å². The molecule has 1 fully saturated rings. The van der Waals surface area contributed by atoms with Gasteiger partial charge in [-0.25, -0.2) is 0 Å². The summed E-state index contributed by atoms with van der Waals surface area (Å²) in [6, 6.07) is 2.26. The van der Waals surface area contributed by atoms with E-state index in [-0.39, 0.29) is 5.91 Å². The van der Waals surface area contributed by atoms with Crippen LogP contribution in [0.25, 0.3) is 0 Å². The first-order chi connectivity index (χ1) is 7.12. The van der Waals surface area contributed by atoms with Gasteiger partial charge in [-0.15, -0.1) is 0 Å². The second-order valence-corrected chi connectivity index (χ2v) is 4.84. The van der Waals surface area contributed by atoms with Gasteiger partial charge in [0.2, 0.25) is 5.91 Å². The lowest BCUT2D eigenvalue weighted by molar-refractivity contribution is -0.120. The molecule has 1 amide bonds. The smallest absolute Gasteiger partial charge is 0.231 e. The predicted molar refractivity (Wildman–Crippen MR) is 61.6 cm³/mol. The Labute approximate surface area is 95.0 Å². The zero-order valence-corrected chi connectivity index (χ0v) is 10.1.